The predicted molar refractivity (Wildman–Crippen MR) is 101 cm³/mol. The standard InChI is InChI=1S/C22H27NO3/c24-22(11-12-26-21-9-5-2-6-10-21)13-19-16-25-17-20(14-22)23(19)15-18-7-3-1-4-8-18/h1-10,19-20,24H,11-17H2. The third-order valence-corrected chi connectivity index (χ3v) is 5.58. The van der Waals surface area contributed by atoms with Crippen molar-refractivity contribution >= 4 is 0 Å². The van der Waals surface area contributed by atoms with Gasteiger partial charge in [-0.1, -0.05) is 48.5 Å². The molecule has 26 heavy (non-hydrogen) atoms. The number of rotatable bonds is 6. The average molecular weight is 353 g/mol. The van der Waals surface area contributed by atoms with E-state index < -0.39 is 5.60 Å². The number of fused-ring (bicyclic) bond motifs is 2. The van der Waals surface area contributed by atoms with Crippen LogP contribution in [0.4, 0.5) is 0 Å². The number of benzene rings is 2. The van der Waals surface area contributed by atoms with Gasteiger partial charge >= 0.3 is 0 Å². The summed E-state index contributed by atoms with van der Waals surface area (Å²) in [5.74, 6) is 0.862. The molecule has 2 heterocycles. The molecule has 2 aromatic rings. The fraction of sp³-hybridized carbons (Fsp3) is 0.455. The molecule has 138 valence electrons. The molecule has 4 rings (SSSR count). The second-order valence-corrected chi connectivity index (χ2v) is 7.55. The molecule has 0 amide bonds. The number of para-hydroxylation sites is 1. The lowest BCUT2D eigenvalue weighted by Gasteiger charge is -2.51. The molecule has 2 saturated heterocycles. The molecule has 2 atom stereocenters. The van der Waals surface area contributed by atoms with Gasteiger partial charge in [-0.25, -0.2) is 0 Å². The lowest BCUT2D eigenvalue weighted by molar-refractivity contribution is -0.150. The highest BCUT2D eigenvalue weighted by molar-refractivity contribution is 5.21. The highest BCUT2D eigenvalue weighted by Crippen LogP contribution is 2.37. The number of ether oxygens (including phenoxy) is 2. The van der Waals surface area contributed by atoms with Crippen LogP contribution in [-0.4, -0.2) is 47.5 Å². The Morgan fingerprint density at radius 3 is 2.23 bits per heavy atom. The van der Waals surface area contributed by atoms with E-state index in [9.17, 15) is 5.11 Å². The van der Waals surface area contributed by atoms with Crippen LogP contribution >= 0.6 is 0 Å². The van der Waals surface area contributed by atoms with Crippen LogP contribution in [0.3, 0.4) is 0 Å². The van der Waals surface area contributed by atoms with Crippen molar-refractivity contribution in [2.75, 3.05) is 19.8 Å². The second-order valence-electron chi connectivity index (χ2n) is 7.55. The predicted octanol–water partition coefficient (Wildman–Crippen LogP) is 3.25. The Balaban J connectivity index is 1.37. The Morgan fingerprint density at radius 2 is 1.58 bits per heavy atom. The van der Waals surface area contributed by atoms with Gasteiger partial charge in [0.2, 0.25) is 0 Å². The number of hydrogen-bond donors (Lipinski definition) is 1. The van der Waals surface area contributed by atoms with E-state index in [1.165, 1.54) is 5.56 Å². The minimum absolute atomic E-state index is 0.268. The van der Waals surface area contributed by atoms with Crippen LogP contribution in [0.2, 0.25) is 0 Å². The van der Waals surface area contributed by atoms with Gasteiger partial charge in [0.05, 0.1) is 25.4 Å². The number of piperidine rings is 1. The molecule has 2 aromatic carbocycles. The number of hydrogen-bond acceptors (Lipinski definition) is 4. The van der Waals surface area contributed by atoms with Gasteiger partial charge in [-0.2, -0.15) is 0 Å². The maximum absolute atomic E-state index is 11.2. The monoisotopic (exact) mass is 353 g/mol. The van der Waals surface area contributed by atoms with Crippen molar-refractivity contribution < 1.29 is 14.6 Å². The number of nitrogens with zero attached hydrogens (tertiary/aromatic N) is 1. The van der Waals surface area contributed by atoms with Gasteiger partial charge in [-0.05, 0) is 30.5 Å². The molecule has 2 bridgehead atoms. The van der Waals surface area contributed by atoms with E-state index in [2.05, 4.69) is 35.2 Å². The van der Waals surface area contributed by atoms with Crippen molar-refractivity contribution in [1.82, 2.24) is 4.90 Å². The summed E-state index contributed by atoms with van der Waals surface area (Å²) in [7, 11) is 0. The maximum atomic E-state index is 11.2. The van der Waals surface area contributed by atoms with Crippen LogP contribution in [0.5, 0.6) is 5.75 Å². The van der Waals surface area contributed by atoms with Crippen LogP contribution in [0.15, 0.2) is 60.7 Å². The molecule has 4 nitrogen and oxygen atoms in total. The van der Waals surface area contributed by atoms with E-state index >= 15 is 0 Å². The Morgan fingerprint density at radius 1 is 0.962 bits per heavy atom. The molecular formula is C22H27NO3. The van der Waals surface area contributed by atoms with Crippen LogP contribution < -0.4 is 4.74 Å². The average Bonchev–Trinajstić information content (AvgIpc) is 2.64. The summed E-state index contributed by atoms with van der Waals surface area (Å²) < 4.78 is 11.6. The molecule has 0 saturated carbocycles. The zero-order chi connectivity index (χ0) is 17.8. The van der Waals surface area contributed by atoms with Crippen molar-refractivity contribution in [2.45, 2.75) is 43.5 Å². The molecule has 0 radical (unpaired) electrons. The van der Waals surface area contributed by atoms with Crippen molar-refractivity contribution in [3.8, 4) is 5.75 Å². The Hall–Kier alpha value is -1.88. The van der Waals surface area contributed by atoms with Crippen molar-refractivity contribution in [2.24, 2.45) is 0 Å². The summed E-state index contributed by atoms with van der Waals surface area (Å²) in [6, 6.07) is 20.9. The molecule has 0 spiro atoms. The van der Waals surface area contributed by atoms with Crippen LogP contribution in [0.1, 0.15) is 24.8 Å². The molecule has 2 unspecified atom stereocenters. The van der Waals surface area contributed by atoms with Gasteiger partial charge < -0.3 is 14.6 Å². The van der Waals surface area contributed by atoms with Gasteiger partial charge in [-0.15, -0.1) is 0 Å². The Labute approximate surface area is 155 Å². The molecule has 0 aliphatic carbocycles. The zero-order valence-corrected chi connectivity index (χ0v) is 15.1. The highest BCUT2D eigenvalue weighted by atomic mass is 16.5. The quantitative estimate of drug-likeness (QED) is 0.866. The minimum atomic E-state index is -0.666. The highest BCUT2D eigenvalue weighted by Gasteiger charge is 2.45. The summed E-state index contributed by atoms with van der Waals surface area (Å²) in [5.41, 5.74) is 0.656. The smallest absolute Gasteiger partial charge is 0.119 e. The maximum Gasteiger partial charge on any atom is 0.119 e. The van der Waals surface area contributed by atoms with E-state index in [1.54, 1.807) is 0 Å². The molecular weight excluding hydrogens is 326 g/mol. The molecule has 4 heteroatoms. The normalized spacial score (nSPS) is 28.7. The summed E-state index contributed by atoms with van der Waals surface area (Å²) in [6.45, 7) is 2.87. The summed E-state index contributed by atoms with van der Waals surface area (Å²) in [6.07, 6.45) is 2.15. The first-order valence-electron chi connectivity index (χ1n) is 9.49. The Kier molecular flexibility index (Phi) is 5.25. The second kappa shape index (κ2) is 7.78. The summed E-state index contributed by atoms with van der Waals surface area (Å²) >= 11 is 0. The van der Waals surface area contributed by atoms with E-state index in [-0.39, 0.29) is 12.1 Å². The van der Waals surface area contributed by atoms with Crippen LogP contribution in [-0.2, 0) is 11.3 Å². The molecule has 2 aliphatic heterocycles. The van der Waals surface area contributed by atoms with Gasteiger partial charge in [0, 0.05) is 25.0 Å². The molecule has 2 fully saturated rings. The molecule has 0 aromatic heterocycles. The topological polar surface area (TPSA) is 41.9 Å². The fourth-order valence-corrected chi connectivity index (χ4v) is 4.27. The van der Waals surface area contributed by atoms with E-state index in [0.29, 0.717) is 26.2 Å². The first-order valence-corrected chi connectivity index (χ1v) is 9.49. The molecule has 2 aliphatic rings. The van der Waals surface area contributed by atoms with Crippen molar-refractivity contribution in [3.05, 3.63) is 66.2 Å². The third-order valence-electron chi connectivity index (χ3n) is 5.58. The number of morpholine rings is 1. The van der Waals surface area contributed by atoms with Crippen LogP contribution in [0.25, 0.3) is 0 Å². The minimum Gasteiger partial charge on any atom is -0.493 e. The van der Waals surface area contributed by atoms with E-state index in [4.69, 9.17) is 9.47 Å². The first-order chi connectivity index (χ1) is 12.7. The van der Waals surface area contributed by atoms with Gasteiger partial charge in [0.25, 0.3) is 0 Å². The van der Waals surface area contributed by atoms with Gasteiger partial charge in [-0.3, -0.25) is 4.90 Å². The van der Waals surface area contributed by atoms with Crippen molar-refractivity contribution in [1.29, 1.82) is 0 Å². The summed E-state index contributed by atoms with van der Waals surface area (Å²) in [5, 5.41) is 11.2. The van der Waals surface area contributed by atoms with Gasteiger partial charge in [0.15, 0.2) is 0 Å². The van der Waals surface area contributed by atoms with Crippen molar-refractivity contribution in [3.63, 3.8) is 0 Å². The van der Waals surface area contributed by atoms with E-state index in [1.807, 2.05) is 30.3 Å². The third kappa shape index (κ3) is 4.09. The lowest BCUT2D eigenvalue weighted by Crippen LogP contribution is -2.61. The van der Waals surface area contributed by atoms with E-state index in [0.717, 1.165) is 25.1 Å². The summed E-state index contributed by atoms with van der Waals surface area (Å²) in [4.78, 5) is 2.52. The molecule has 1 N–H and O–H groups in total. The fourth-order valence-electron chi connectivity index (χ4n) is 4.27. The first kappa shape index (κ1) is 17.5. The SMILES string of the molecule is OC1(CCOc2ccccc2)CC2COCC(C1)N2Cc1ccccc1. The number of aliphatic hydroxyl groups is 1. The lowest BCUT2D eigenvalue weighted by atomic mass is 9.79. The Bertz CT molecular complexity index is 677. The zero-order valence-electron chi connectivity index (χ0n) is 15.1. The largest absolute Gasteiger partial charge is 0.493 e. The van der Waals surface area contributed by atoms with Crippen LogP contribution in [0, 0.1) is 0 Å². The van der Waals surface area contributed by atoms with Gasteiger partial charge in [0.1, 0.15) is 5.75 Å².